The second-order valence-electron chi connectivity index (χ2n) is 20.0. The molecule has 1 rings (SSSR count). The van der Waals surface area contributed by atoms with Crippen molar-refractivity contribution in [3.05, 3.63) is 24.3 Å². The van der Waals surface area contributed by atoms with E-state index in [0.29, 0.717) is 12.8 Å². The van der Waals surface area contributed by atoms with E-state index in [1.807, 2.05) is 0 Å². The monoisotopic (exact) mass is 990 g/mol. The Morgan fingerprint density at radius 3 is 1.28 bits per heavy atom. The van der Waals surface area contributed by atoms with Gasteiger partial charge in [-0.25, -0.2) is 4.57 Å². The van der Waals surface area contributed by atoms with Crippen molar-refractivity contribution >= 4 is 13.7 Å². The molecule has 8 atom stereocenters. The molecule has 13 nitrogen and oxygen atoms in total. The lowest BCUT2D eigenvalue weighted by Gasteiger charge is -2.41. The maximum Gasteiger partial charge on any atom is 0.472 e. The first-order valence-electron chi connectivity index (χ1n) is 27.9. The first-order valence-corrected chi connectivity index (χ1v) is 29.4. The molecule has 14 heteroatoms. The van der Waals surface area contributed by atoms with Gasteiger partial charge in [0.25, 0.3) is 0 Å². The third-order valence-electron chi connectivity index (χ3n) is 13.6. The van der Waals surface area contributed by atoms with Crippen LogP contribution in [-0.4, -0.2) is 108 Å². The van der Waals surface area contributed by atoms with Crippen LogP contribution in [0.15, 0.2) is 24.3 Å². The summed E-state index contributed by atoms with van der Waals surface area (Å²) >= 11 is 0. The number of hydrogen-bond acceptors (Lipinski definition) is 11. The van der Waals surface area contributed by atoms with E-state index in [9.17, 15) is 50.0 Å². The van der Waals surface area contributed by atoms with Crippen LogP contribution in [0, 0.1) is 0 Å². The van der Waals surface area contributed by atoms with Gasteiger partial charge >= 0.3 is 7.82 Å². The zero-order chi connectivity index (χ0) is 50.1. The number of nitrogens with one attached hydrogen (secondary N) is 1. The molecule has 1 aliphatic rings. The molecule has 8 unspecified atom stereocenters. The summed E-state index contributed by atoms with van der Waals surface area (Å²) in [5.74, 6) is -0.561. The normalized spacial score (nSPS) is 22.2. The van der Waals surface area contributed by atoms with Gasteiger partial charge in [-0.2, -0.15) is 0 Å². The lowest BCUT2D eigenvalue weighted by atomic mass is 9.85. The Bertz CT molecular complexity index is 1260. The van der Waals surface area contributed by atoms with E-state index in [0.717, 1.165) is 64.2 Å². The van der Waals surface area contributed by atoms with E-state index >= 15 is 0 Å². The molecular weight excluding hydrogens is 886 g/mol. The molecule has 1 aliphatic carbocycles. The fraction of sp³-hybridized carbons (Fsp3) is 0.907. The highest BCUT2D eigenvalue weighted by molar-refractivity contribution is 7.47. The average molecular weight is 990 g/mol. The van der Waals surface area contributed by atoms with E-state index < -0.39 is 75.2 Å². The standard InChI is InChI=1S/C54H104NO12P/c1-3-5-7-9-11-13-15-17-19-21-22-23-24-26-28-30-32-34-36-38-40-42-47(57)46(44-66-68(64,65)67-54-52(62)50(60)49(59)51(61)53(54)63)55-48(58)43-45(56)41-39-37-35-33-31-29-27-25-20-18-16-14-12-10-8-6-4-2/h12,14,16,18,45-47,49-54,56-57,59-63H,3-11,13,15,17,19-44H2,1-2H3,(H,55,58)(H,64,65)/b14-12-,18-16-. The Morgan fingerprint density at radius 1 is 0.515 bits per heavy atom. The fourth-order valence-electron chi connectivity index (χ4n) is 9.06. The fourth-order valence-corrected chi connectivity index (χ4v) is 10.0. The van der Waals surface area contributed by atoms with E-state index in [4.69, 9.17) is 9.05 Å². The van der Waals surface area contributed by atoms with Gasteiger partial charge in [-0.05, 0) is 38.5 Å². The molecule has 402 valence electrons. The Hall–Kier alpha value is -1.22. The second kappa shape index (κ2) is 43.4. The predicted molar refractivity (Wildman–Crippen MR) is 275 cm³/mol. The Kier molecular flexibility index (Phi) is 41.3. The summed E-state index contributed by atoms with van der Waals surface area (Å²) in [5.41, 5.74) is 0. The van der Waals surface area contributed by atoms with Crippen molar-refractivity contribution in [2.24, 2.45) is 0 Å². The Morgan fingerprint density at radius 2 is 0.853 bits per heavy atom. The van der Waals surface area contributed by atoms with Crippen molar-refractivity contribution in [3.63, 3.8) is 0 Å². The van der Waals surface area contributed by atoms with Crippen LogP contribution in [0.4, 0.5) is 0 Å². The van der Waals surface area contributed by atoms with E-state index in [2.05, 4.69) is 43.5 Å². The van der Waals surface area contributed by atoms with Crippen LogP contribution in [-0.2, 0) is 18.4 Å². The van der Waals surface area contributed by atoms with Crippen molar-refractivity contribution in [3.8, 4) is 0 Å². The largest absolute Gasteiger partial charge is 0.472 e. The average Bonchev–Trinajstić information content (AvgIpc) is 3.31. The number of phosphoric acid groups is 1. The van der Waals surface area contributed by atoms with Crippen LogP contribution in [0.2, 0.25) is 0 Å². The first kappa shape index (κ1) is 64.8. The van der Waals surface area contributed by atoms with E-state index in [-0.39, 0.29) is 12.8 Å². The topological polar surface area (TPSA) is 226 Å². The molecule has 9 N–H and O–H groups in total. The number of aliphatic hydroxyl groups is 7. The number of carbonyl (C=O) groups excluding carboxylic acids is 1. The smallest absolute Gasteiger partial charge is 0.393 e. The lowest BCUT2D eigenvalue weighted by molar-refractivity contribution is -0.220. The van der Waals surface area contributed by atoms with Crippen LogP contribution >= 0.6 is 7.82 Å². The number of amides is 1. The number of allylic oxidation sites excluding steroid dienone is 4. The first-order chi connectivity index (χ1) is 32.8. The molecule has 68 heavy (non-hydrogen) atoms. The highest BCUT2D eigenvalue weighted by Crippen LogP contribution is 2.47. The molecule has 0 saturated heterocycles. The molecule has 1 amide bonds. The number of rotatable bonds is 47. The predicted octanol–water partition coefficient (Wildman–Crippen LogP) is 11.1. The summed E-state index contributed by atoms with van der Waals surface area (Å²) in [5, 5.41) is 75.0. The molecule has 0 aromatic heterocycles. The van der Waals surface area contributed by atoms with Gasteiger partial charge in [-0.3, -0.25) is 13.8 Å². The molecule has 1 fully saturated rings. The van der Waals surface area contributed by atoms with Gasteiger partial charge < -0.3 is 46.0 Å². The maximum atomic E-state index is 13.1. The number of hydrogen-bond donors (Lipinski definition) is 9. The number of phosphoric ester groups is 1. The van der Waals surface area contributed by atoms with Gasteiger partial charge in [0.05, 0.1) is 31.3 Å². The second-order valence-corrected chi connectivity index (χ2v) is 21.4. The number of carbonyl (C=O) groups is 1. The van der Waals surface area contributed by atoms with Crippen molar-refractivity contribution in [2.75, 3.05) is 6.61 Å². The van der Waals surface area contributed by atoms with Gasteiger partial charge in [0.15, 0.2) is 0 Å². The van der Waals surface area contributed by atoms with E-state index in [1.165, 1.54) is 148 Å². The third-order valence-corrected chi connectivity index (χ3v) is 14.6. The van der Waals surface area contributed by atoms with Gasteiger partial charge in [0.1, 0.15) is 36.6 Å². The molecule has 0 bridgehead atoms. The van der Waals surface area contributed by atoms with Crippen LogP contribution in [0.25, 0.3) is 0 Å². The number of unbranched alkanes of at least 4 members (excludes halogenated alkanes) is 31. The molecule has 0 radical (unpaired) electrons. The summed E-state index contributed by atoms with van der Waals surface area (Å²) in [6, 6.07) is -1.16. The minimum atomic E-state index is -5.12. The van der Waals surface area contributed by atoms with Gasteiger partial charge in [-0.15, -0.1) is 0 Å². The van der Waals surface area contributed by atoms with Gasteiger partial charge in [0, 0.05) is 0 Å². The summed E-state index contributed by atoms with van der Waals surface area (Å²) in [7, 11) is -5.12. The third kappa shape index (κ3) is 34.2. The van der Waals surface area contributed by atoms with Crippen molar-refractivity contribution in [1.82, 2.24) is 5.32 Å². The minimum absolute atomic E-state index is 0.225. The summed E-state index contributed by atoms with van der Waals surface area (Å²) in [6.07, 6.45) is 36.4. The molecule has 0 aromatic carbocycles. The lowest BCUT2D eigenvalue weighted by Crippen LogP contribution is -2.64. The SMILES string of the molecule is CCCCC/C=C\C=C/CCCCCCCCCCC(O)CC(=O)NC(COP(=O)(O)OC1C(O)C(O)C(O)C(O)C1O)C(O)CCCCCCCCCCCCCCCCCCCCCCC. The van der Waals surface area contributed by atoms with Gasteiger partial charge in [-0.1, -0.05) is 231 Å². The van der Waals surface area contributed by atoms with Crippen LogP contribution < -0.4 is 5.32 Å². The summed E-state index contributed by atoms with van der Waals surface area (Å²) < 4.78 is 23.0. The summed E-state index contributed by atoms with van der Waals surface area (Å²) in [4.78, 5) is 23.6. The zero-order valence-electron chi connectivity index (χ0n) is 43.0. The molecule has 0 aliphatic heterocycles. The molecule has 0 spiro atoms. The van der Waals surface area contributed by atoms with Crippen LogP contribution in [0.1, 0.15) is 251 Å². The maximum absolute atomic E-state index is 13.1. The summed E-state index contributed by atoms with van der Waals surface area (Å²) in [6.45, 7) is 3.80. The van der Waals surface area contributed by atoms with Crippen molar-refractivity contribution in [2.45, 2.75) is 306 Å². The minimum Gasteiger partial charge on any atom is -0.393 e. The molecule has 1 saturated carbocycles. The Balaban J connectivity index is 2.42. The van der Waals surface area contributed by atoms with Crippen LogP contribution in [0.3, 0.4) is 0 Å². The highest BCUT2D eigenvalue weighted by atomic mass is 31.2. The zero-order valence-corrected chi connectivity index (χ0v) is 43.9. The van der Waals surface area contributed by atoms with Gasteiger partial charge in [0.2, 0.25) is 5.91 Å². The highest BCUT2D eigenvalue weighted by Gasteiger charge is 2.51. The van der Waals surface area contributed by atoms with Crippen molar-refractivity contribution in [1.29, 1.82) is 0 Å². The van der Waals surface area contributed by atoms with E-state index in [1.54, 1.807) is 0 Å². The van der Waals surface area contributed by atoms with Crippen LogP contribution in [0.5, 0.6) is 0 Å². The Labute approximate surface area is 414 Å². The quantitative estimate of drug-likeness (QED) is 0.0158. The molecular formula is C54H104NO12P. The molecule has 0 aromatic rings. The number of aliphatic hydroxyl groups excluding tert-OH is 7. The van der Waals surface area contributed by atoms with Crippen molar-refractivity contribution < 1.29 is 59.0 Å². The molecule has 0 heterocycles.